The average Bonchev–Trinajstić information content (AvgIpc) is 2.86. The number of benzene rings is 3. The van der Waals surface area contributed by atoms with Gasteiger partial charge in [0, 0.05) is 6.61 Å². The molecule has 0 aliphatic carbocycles. The molecule has 3 aromatic rings. The fourth-order valence-corrected chi connectivity index (χ4v) is 9.47. The Morgan fingerprint density at radius 1 is 0.629 bits per heavy atom. The normalized spacial score (nSPS) is 12.5. The lowest BCUT2D eigenvalue weighted by molar-refractivity contribution is 0.277. The van der Waals surface area contributed by atoms with Gasteiger partial charge < -0.3 is 4.43 Å². The molecule has 0 atom stereocenters. The maximum Gasteiger partial charge on any atom is 0.191 e. The van der Waals surface area contributed by atoms with Gasteiger partial charge in [-0.15, -0.1) is 0 Å². The van der Waals surface area contributed by atoms with Crippen molar-refractivity contribution in [2.75, 3.05) is 6.61 Å². The van der Waals surface area contributed by atoms with Crippen molar-refractivity contribution in [1.82, 2.24) is 0 Å². The van der Waals surface area contributed by atoms with Crippen LogP contribution in [0.15, 0.2) is 91.0 Å². The van der Waals surface area contributed by atoms with Gasteiger partial charge in [-0.05, 0) is 60.2 Å². The molecule has 3 heteroatoms. The molecule has 3 rings (SSSR count). The predicted molar refractivity (Wildman–Crippen MR) is 162 cm³/mol. The van der Waals surface area contributed by atoms with E-state index in [1.165, 1.54) is 48.0 Å². The standard InChI is InChI=1S/C32H45OPSi/c1-32(2,3)35(4,5)33-27-19-8-6-7-9-20-28-34(29-21-13-10-14-22-29,30-23-15-11-16-24-30)31-25-17-12-18-26-31/h10-18,21-26,28H,6-9,19-20,27H2,1-5H3. The minimum atomic E-state index is -1.79. The molecule has 0 radical (unpaired) electrons. The number of unbranched alkanes of at least 4 members (excludes halogenated alkanes) is 5. The Bertz CT molecular complexity index is 950. The summed E-state index contributed by atoms with van der Waals surface area (Å²) in [5.74, 6) is 2.67. The molecule has 35 heavy (non-hydrogen) atoms. The van der Waals surface area contributed by atoms with Gasteiger partial charge in [-0.1, -0.05) is 137 Å². The lowest BCUT2D eigenvalue weighted by Gasteiger charge is -2.36. The molecule has 0 bridgehead atoms. The maximum absolute atomic E-state index is 6.35. The summed E-state index contributed by atoms with van der Waals surface area (Å²) in [4.78, 5) is 0. The second-order valence-corrected chi connectivity index (χ2v) is 19.2. The van der Waals surface area contributed by atoms with Crippen LogP contribution in [-0.2, 0) is 4.43 Å². The highest BCUT2D eigenvalue weighted by Crippen LogP contribution is 2.44. The highest BCUT2D eigenvalue weighted by molar-refractivity contribution is 7.94. The zero-order valence-electron chi connectivity index (χ0n) is 22.5. The van der Waals surface area contributed by atoms with Crippen LogP contribution in [0.3, 0.4) is 0 Å². The van der Waals surface area contributed by atoms with Gasteiger partial charge >= 0.3 is 0 Å². The Kier molecular flexibility index (Phi) is 10.2. The van der Waals surface area contributed by atoms with E-state index in [-0.39, 0.29) is 0 Å². The summed E-state index contributed by atoms with van der Waals surface area (Å²) < 4.78 is 6.35. The molecule has 0 unspecified atom stereocenters. The van der Waals surface area contributed by atoms with E-state index in [2.05, 4.69) is 131 Å². The largest absolute Gasteiger partial charge is 0.417 e. The highest BCUT2D eigenvalue weighted by atomic mass is 31.2. The van der Waals surface area contributed by atoms with Crippen LogP contribution in [0.1, 0.15) is 59.3 Å². The van der Waals surface area contributed by atoms with Gasteiger partial charge in [-0.25, -0.2) is 0 Å². The van der Waals surface area contributed by atoms with Gasteiger partial charge in [0.05, 0.1) is 0 Å². The van der Waals surface area contributed by atoms with Crippen LogP contribution in [0.5, 0.6) is 0 Å². The van der Waals surface area contributed by atoms with E-state index in [1.807, 2.05) is 0 Å². The van der Waals surface area contributed by atoms with E-state index in [1.54, 1.807) is 0 Å². The zero-order chi connectivity index (χ0) is 25.2. The third-order valence-electron chi connectivity index (χ3n) is 7.51. The topological polar surface area (TPSA) is 9.23 Å². The molecule has 0 saturated carbocycles. The summed E-state index contributed by atoms with van der Waals surface area (Å²) in [6.45, 7) is 10.8. The zero-order valence-corrected chi connectivity index (χ0v) is 24.4. The molecule has 0 saturated heterocycles. The van der Waals surface area contributed by atoms with E-state index in [9.17, 15) is 0 Å². The first kappa shape index (κ1) is 27.7. The van der Waals surface area contributed by atoms with Gasteiger partial charge in [0.25, 0.3) is 0 Å². The summed E-state index contributed by atoms with van der Waals surface area (Å²) in [7, 11) is -1.61. The van der Waals surface area contributed by atoms with Gasteiger partial charge in [0.15, 0.2) is 8.32 Å². The summed E-state index contributed by atoms with van der Waals surface area (Å²) in [5.41, 5.74) is 0. The van der Waals surface area contributed by atoms with Crippen molar-refractivity contribution in [3.05, 3.63) is 91.0 Å². The van der Waals surface area contributed by atoms with Gasteiger partial charge in [-0.3, -0.25) is 0 Å². The first-order chi connectivity index (χ1) is 16.8. The number of hydrogen-bond acceptors (Lipinski definition) is 1. The molecule has 0 aliphatic rings. The smallest absolute Gasteiger partial charge is 0.191 e. The van der Waals surface area contributed by atoms with Gasteiger partial charge in [0.2, 0.25) is 0 Å². The molecule has 0 aromatic heterocycles. The van der Waals surface area contributed by atoms with Crippen LogP contribution >= 0.6 is 6.89 Å². The van der Waals surface area contributed by atoms with Crippen LogP contribution in [0.25, 0.3) is 0 Å². The Hall–Kier alpha value is -1.86. The first-order valence-electron chi connectivity index (χ1n) is 13.3. The van der Waals surface area contributed by atoms with Crippen molar-refractivity contribution in [1.29, 1.82) is 0 Å². The fourth-order valence-electron chi connectivity index (χ4n) is 4.36. The maximum atomic E-state index is 6.35. The van der Waals surface area contributed by atoms with Crippen LogP contribution in [0.4, 0.5) is 0 Å². The van der Waals surface area contributed by atoms with Crippen molar-refractivity contribution in [3.63, 3.8) is 0 Å². The second-order valence-electron chi connectivity index (χ2n) is 11.1. The van der Waals surface area contributed by atoms with E-state index in [0.717, 1.165) is 13.0 Å². The summed E-state index contributed by atoms with van der Waals surface area (Å²) >= 11 is 0. The third-order valence-corrected chi connectivity index (χ3v) is 16.2. The van der Waals surface area contributed by atoms with E-state index >= 15 is 0 Å². The number of rotatable bonds is 12. The lowest BCUT2D eigenvalue weighted by atomic mass is 10.1. The summed E-state index contributed by atoms with van der Waals surface area (Å²) in [6.07, 6.45) is 7.43. The van der Waals surface area contributed by atoms with E-state index in [4.69, 9.17) is 4.43 Å². The van der Waals surface area contributed by atoms with Crippen LogP contribution in [0.2, 0.25) is 18.1 Å². The minimum absolute atomic E-state index is 0.300. The Morgan fingerprint density at radius 3 is 1.46 bits per heavy atom. The van der Waals surface area contributed by atoms with Crippen molar-refractivity contribution in [2.24, 2.45) is 0 Å². The molecule has 0 amide bonds. The van der Waals surface area contributed by atoms with Crippen molar-refractivity contribution in [2.45, 2.75) is 77.4 Å². The Balaban J connectivity index is 1.67. The molecular formula is C32H45OPSi. The SMILES string of the molecule is CC(C)(C)[Si](C)(C)OCCCCCCCC=P(c1ccccc1)(c1ccccc1)c1ccccc1. The highest BCUT2D eigenvalue weighted by Gasteiger charge is 2.36. The third kappa shape index (κ3) is 7.32. The molecule has 0 aliphatic heterocycles. The summed E-state index contributed by atoms with van der Waals surface area (Å²) in [5, 5.41) is 4.63. The average molecular weight is 505 g/mol. The Labute approximate surface area is 216 Å². The predicted octanol–water partition coefficient (Wildman–Crippen LogP) is 8.15. The van der Waals surface area contributed by atoms with Crippen LogP contribution in [0, 0.1) is 0 Å². The summed E-state index contributed by atoms with van der Waals surface area (Å²) in [6, 6.07) is 33.5. The minimum Gasteiger partial charge on any atom is -0.417 e. The van der Waals surface area contributed by atoms with Gasteiger partial charge in [-0.2, -0.15) is 0 Å². The molecule has 0 fully saturated rings. The monoisotopic (exact) mass is 504 g/mol. The van der Waals surface area contributed by atoms with Crippen molar-refractivity contribution >= 4 is 36.9 Å². The second kappa shape index (κ2) is 12.9. The van der Waals surface area contributed by atoms with Crippen LogP contribution in [-0.4, -0.2) is 20.7 Å². The quantitative estimate of drug-likeness (QED) is 0.137. The first-order valence-corrected chi connectivity index (χ1v) is 18.1. The van der Waals surface area contributed by atoms with E-state index < -0.39 is 15.2 Å². The lowest BCUT2D eigenvalue weighted by Crippen LogP contribution is -2.40. The van der Waals surface area contributed by atoms with Gasteiger partial charge in [0.1, 0.15) is 0 Å². The van der Waals surface area contributed by atoms with Crippen molar-refractivity contribution in [3.8, 4) is 0 Å². The molecule has 3 aromatic carbocycles. The molecule has 1 nitrogen and oxygen atoms in total. The molecule has 188 valence electrons. The molecule has 0 N–H and O–H groups in total. The van der Waals surface area contributed by atoms with E-state index in [0.29, 0.717) is 5.04 Å². The number of hydrogen-bond donors (Lipinski definition) is 0. The molecule has 0 spiro atoms. The van der Waals surface area contributed by atoms with Crippen LogP contribution < -0.4 is 15.9 Å². The molecule has 0 heterocycles. The van der Waals surface area contributed by atoms with Crippen molar-refractivity contribution < 1.29 is 4.43 Å². The Morgan fingerprint density at radius 2 is 1.03 bits per heavy atom. The fraction of sp³-hybridized carbons (Fsp3) is 0.406. The molecular weight excluding hydrogens is 459 g/mol.